The zero-order valence-corrected chi connectivity index (χ0v) is 23.1. The fraction of sp³-hybridized carbons (Fsp3) is 0.286. The number of carbonyl (C=O) groups excluding carboxylic acids is 2. The molecule has 3 aromatic carbocycles. The molecule has 9 nitrogen and oxygen atoms in total. The molecule has 0 unspecified atom stereocenters. The van der Waals surface area contributed by atoms with E-state index in [1.165, 1.54) is 62.6 Å². The monoisotopic (exact) mass is 557 g/mol. The summed E-state index contributed by atoms with van der Waals surface area (Å²) in [5.41, 5.74) is 1.48. The van der Waals surface area contributed by atoms with Crippen molar-refractivity contribution >= 4 is 27.5 Å². The van der Waals surface area contributed by atoms with Crippen molar-refractivity contribution in [1.29, 1.82) is 0 Å². The number of ether oxygens (including phenoxy) is 2. The molecule has 1 atom stereocenters. The van der Waals surface area contributed by atoms with E-state index in [0.717, 1.165) is 16.1 Å². The number of hydrogen-bond donors (Lipinski definition) is 1. The molecule has 0 saturated carbocycles. The molecule has 0 heterocycles. The van der Waals surface area contributed by atoms with Crippen LogP contribution in [0.3, 0.4) is 0 Å². The highest BCUT2D eigenvalue weighted by atomic mass is 32.2. The van der Waals surface area contributed by atoms with Gasteiger partial charge >= 0.3 is 0 Å². The number of carbonyl (C=O) groups is 2. The van der Waals surface area contributed by atoms with Crippen LogP contribution in [0.15, 0.2) is 72.8 Å². The molecule has 3 aromatic rings. The number of nitrogens with zero attached hydrogens (tertiary/aromatic N) is 2. The van der Waals surface area contributed by atoms with Crippen molar-refractivity contribution in [3.63, 3.8) is 0 Å². The van der Waals surface area contributed by atoms with Crippen molar-refractivity contribution < 1.29 is 31.9 Å². The van der Waals surface area contributed by atoms with Crippen molar-refractivity contribution in [2.24, 2.45) is 0 Å². The van der Waals surface area contributed by atoms with E-state index in [1.807, 2.05) is 30.3 Å². The molecule has 208 valence electrons. The Morgan fingerprint density at radius 2 is 1.62 bits per heavy atom. The largest absolute Gasteiger partial charge is 0.497 e. The summed E-state index contributed by atoms with van der Waals surface area (Å²) in [6.45, 7) is -0.678. The van der Waals surface area contributed by atoms with Gasteiger partial charge in [0.25, 0.3) is 0 Å². The second-order valence-corrected chi connectivity index (χ2v) is 10.7. The SMILES string of the molecule is CNC(=O)[C@@H](Cc1ccccc1)N(Cc1ccc(F)cc1)C(=O)CN(c1cc(OC)ccc1OC)S(C)(=O)=O. The van der Waals surface area contributed by atoms with Crippen molar-refractivity contribution in [3.05, 3.63) is 89.7 Å². The van der Waals surface area contributed by atoms with Crippen LogP contribution in [-0.4, -0.2) is 65.2 Å². The molecule has 0 aromatic heterocycles. The Labute approximate surface area is 228 Å². The summed E-state index contributed by atoms with van der Waals surface area (Å²) in [7, 11) is 0.289. The molecule has 2 amide bonds. The molecule has 3 rings (SSSR count). The Morgan fingerprint density at radius 3 is 2.18 bits per heavy atom. The number of rotatable bonds is 12. The standard InChI is InChI=1S/C28H32FN3O6S/c1-30-28(34)25(16-20-8-6-5-7-9-20)31(18-21-10-12-22(29)13-11-21)27(33)19-32(39(4,35)36)24-17-23(37-2)14-15-26(24)38-3/h5-15,17,25H,16,18-19H2,1-4H3,(H,30,34)/t25-/m1/s1. The van der Waals surface area contributed by atoms with Crippen LogP contribution in [0.1, 0.15) is 11.1 Å². The third-order valence-corrected chi connectivity index (χ3v) is 7.24. The number of nitrogens with one attached hydrogen (secondary N) is 1. The molecule has 0 aliphatic heterocycles. The molecule has 0 aliphatic carbocycles. The Kier molecular flexibility index (Phi) is 9.89. The summed E-state index contributed by atoms with van der Waals surface area (Å²) < 4.78 is 51.0. The zero-order valence-electron chi connectivity index (χ0n) is 22.3. The van der Waals surface area contributed by atoms with E-state index in [0.29, 0.717) is 11.3 Å². The van der Waals surface area contributed by atoms with Crippen LogP contribution in [0.4, 0.5) is 10.1 Å². The van der Waals surface area contributed by atoms with E-state index in [9.17, 15) is 22.4 Å². The lowest BCUT2D eigenvalue weighted by molar-refractivity contribution is -0.139. The van der Waals surface area contributed by atoms with Gasteiger partial charge in [-0.15, -0.1) is 0 Å². The van der Waals surface area contributed by atoms with E-state index in [2.05, 4.69) is 5.32 Å². The molecule has 0 spiro atoms. The molecule has 0 radical (unpaired) electrons. The minimum absolute atomic E-state index is 0.0586. The normalized spacial score (nSPS) is 11.8. The Hall–Kier alpha value is -4.12. The zero-order chi connectivity index (χ0) is 28.6. The molecule has 1 N–H and O–H groups in total. The fourth-order valence-corrected chi connectivity index (χ4v) is 4.94. The maximum Gasteiger partial charge on any atom is 0.244 e. The highest BCUT2D eigenvalue weighted by Crippen LogP contribution is 2.34. The van der Waals surface area contributed by atoms with Crippen molar-refractivity contribution in [2.75, 3.05) is 38.4 Å². The third-order valence-electron chi connectivity index (χ3n) is 6.12. The maximum absolute atomic E-state index is 13.9. The van der Waals surface area contributed by atoms with Crippen molar-refractivity contribution in [2.45, 2.75) is 19.0 Å². The summed E-state index contributed by atoms with van der Waals surface area (Å²) >= 11 is 0. The van der Waals surface area contributed by atoms with Crippen LogP contribution in [0, 0.1) is 5.82 Å². The average molecular weight is 558 g/mol. The molecule has 0 fully saturated rings. The Morgan fingerprint density at radius 1 is 0.949 bits per heavy atom. The van der Waals surface area contributed by atoms with Crippen LogP contribution < -0.4 is 19.1 Å². The van der Waals surface area contributed by atoms with Crippen LogP contribution in [0.25, 0.3) is 0 Å². The minimum Gasteiger partial charge on any atom is -0.497 e. The number of amides is 2. The van der Waals surface area contributed by atoms with E-state index in [-0.39, 0.29) is 24.4 Å². The third kappa shape index (κ3) is 7.70. The van der Waals surface area contributed by atoms with E-state index < -0.39 is 40.2 Å². The molecule has 11 heteroatoms. The predicted molar refractivity (Wildman–Crippen MR) is 147 cm³/mol. The molecule has 39 heavy (non-hydrogen) atoms. The van der Waals surface area contributed by atoms with Gasteiger partial charge in [0, 0.05) is 26.1 Å². The summed E-state index contributed by atoms with van der Waals surface area (Å²) in [5.74, 6) is -0.941. The van der Waals surface area contributed by atoms with Crippen molar-refractivity contribution in [1.82, 2.24) is 10.2 Å². The molecule has 0 aliphatic rings. The van der Waals surface area contributed by atoms with Gasteiger partial charge in [-0.1, -0.05) is 42.5 Å². The van der Waals surface area contributed by atoms with E-state index in [4.69, 9.17) is 9.47 Å². The number of methoxy groups -OCH3 is 2. The van der Waals surface area contributed by atoms with Gasteiger partial charge in [0.05, 0.1) is 26.2 Å². The molecule has 0 bridgehead atoms. The van der Waals surface area contributed by atoms with Gasteiger partial charge in [0.1, 0.15) is 29.9 Å². The lowest BCUT2D eigenvalue weighted by Crippen LogP contribution is -2.52. The maximum atomic E-state index is 13.9. The number of sulfonamides is 1. The quantitative estimate of drug-likeness (QED) is 0.367. The average Bonchev–Trinajstić information content (AvgIpc) is 2.93. The van der Waals surface area contributed by atoms with Gasteiger partial charge in [0.15, 0.2) is 0 Å². The van der Waals surface area contributed by atoms with Crippen LogP contribution in [-0.2, 0) is 32.6 Å². The lowest BCUT2D eigenvalue weighted by Gasteiger charge is -2.33. The predicted octanol–water partition coefficient (Wildman–Crippen LogP) is 3.00. The van der Waals surface area contributed by atoms with Crippen LogP contribution in [0.5, 0.6) is 11.5 Å². The molecular weight excluding hydrogens is 525 g/mol. The Bertz CT molecular complexity index is 1380. The van der Waals surface area contributed by atoms with E-state index >= 15 is 0 Å². The molecule has 0 saturated heterocycles. The first-order chi connectivity index (χ1) is 18.6. The smallest absolute Gasteiger partial charge is 0.244 e. The highest BCUT2D eigenvalue weighted by molar-refractivity contribution is 7.92. The first kappa shape index (κ1) is 29.4. The summed E-state index contributed by atoms with van der Waals surface area (Å²) in [6, 6.07) is 18.3. The van der Waals surface area contributed by atoms with Gasteiger partial charge in [-0.3, -0.25) is 13.9 Å². The summed E-state index contributed by atoms with van der Waals surface area (Å²) in [5, 5.41) is 2.60. The van der Waals surface area contributed by atoms with Gasteiger partial charge in [-0.2, -0.15) is 0 Å². The molecular formula is C28H32FN3O6S. The number of hydrogen-bond acceptors (Lipinski definition) is 6. The fourth-order valence-electron chi connectivity index (χ4n) is 4.09. The number of halogens is 1. The van der Waals surface area contributed by atoms with Crippen molar-refractivity contribution in [3.8, 4) is 11.5 Å². The minimum atomic E-state index is -3.99. The lowest BCUT2D eigenvalue weighted by atomic mass is 10.0. The number of anilines is 1. The topological polar surface area (TPSA) is 105 Å². The van der Waals surface area contributed by atoms with Gasteiger partial charge in [0.2, 0.25) is 21.8 Å². The first-order valence-corrected chi connectivity index (χ1v) is 13.9. The van der Waals surface area contributed by atoms with Gasteiger partial charge < -0.3 is 19.7 Å². The van der Waals surface area contributed by atoms with Gasteiger partial charge in [-0.25, -0.2) is 12.8 Å². The number of benzene rings is 3. The summed E-state index contributed by atoms with van der Waals surface area (Å²) in [4.78, 5) is 28.4. The highest BCUT2D eigenvalue weighted by Gasteiger charge is 2.33. The van der Waals surface area contributed by atoms with Crippen LogP contribution in [0.2, 0.25) is 0 Å². The van der Waals surface area contributed by atoms with Gasteiger partial charge in [-0.05, 0) is 35.4 Å². The Balaban J connectivity index is 2.07. The first-order valence-electron chi connectivity index (χ1n) is 12.1. The van der Waals surface area contributed by atoms with Crippen LogP contribution >= 0.6 is 0 Å². The van der Waals surface area contributed by atoms with E-state index in [1.54, 1.807) is 6.07 Å². The number of likely N-dealkylation sites (N-methyl/N-ethyl adjacent to an activating group) is 1. The second kappa shape index (κ2) is 13.1. The summed E-state index contributed by atoms with van der Waals surface area (Å²) in [6.07, 6.45) is 1.15. The second-order valence-electron chi connectivity index (χ2n) is 8.78.